The summed E-state index contributed by atoms with van der Waals surface area (Å²) >= 11 is 0. The van der Waals surface area contributed by atoms with Gasteiger partial charge in [-0.2, -0.15) is 0 Å². The molecular weight excluding hydrogens is 245 g/mol. The minimum Gasteiger partial charge on any atom is -0.478 e. The van der Waals surface area contributed by atoms with Crippen LogP contribution in [0.2, 0.25) is 0 Å². The molecule has 0 aromatic heterocycles. The number of carbonyl (C=O) groups is 1. The van der Waals surface area contributed by atoms with Crippen LogP contribution in [0.15, 0.2) is 42.5 Å². The van der Waals surface area contributed by atoms with Crippen LogP contribution in [0.25, 0.3) is 0 Å². The Morgan fingerprint density at radius 1 is 1.21 bits per heavy atom. The molecule has 2 rings (SSSR count). The second-order valence-electron chi connectivity index (χ2n) is 4.25. The third-order valence-corrected chi connectivity index (χ3v) is 2.93. The summed E-state index contributed by atoms with van der Waals surface area (Å²) in [6.45, 7) is 2.07. The highest BCUT2D eigenvalue weighted by atomic mass is 19.1. The lowest BCUT2D eigenvalue weighted by atomic mass is 10.1. The molecule has 0 atom stereocenters. The summed E-state index contributed by atoms with van der Waals surface area (Å²) in [5.74, 6) is -1.32. The third kappa shape index (κ3) is 2.91. The first kappa shape index (κ1) is 13.1. The van der Waals surface area contributed by atoms with E-state index in [9.17, 15) is 9.18 Å². The number of rotatable bonds is 4. The fraction of sp³-hybridized carbons (Fsp3) is 0.133. The monoisotopic (exact) mass is 259 g/mol. The van der Waals surface area contributed by atoms with Crippen molar-refractivity contribution in [3.05, 3.63) is 65.0 Å². The van der Waals surface area contributed by atoms with E-state index in [1.165, 1.54) is 12.1 Å². The van der Waals surface area contributed by atoms with Gasteiger partial charge in [0.2, 0.25) is 0 Å². The second-order valence-corrected chi connectivity index (χ2v) is 4.25. The van der Waals surface area contributed by atoms with Crippen LogP contribution in [0.4, 0.5) is 10.1 Å². The number of nitrogens with one attached hydrogen (secondary N) is 1. The second kappa shape index (κ2) is 5.52. The third-order valence-electron chi connectivity index (χ3n) is 2.93. The lowest BCUT2D eigenvalue weighted by Gasteiger charge is -2.12. The van der Waals surface area contributed by atoms with E-state index < -0.39 is 5.97 Å². The van der Waals surface area contributed by atoms with Gasteiger partial charge in [0, 0.05) is 6.54 Å². The lowest BCUT2D eigenvalue weighted by molar-refractivity contribution is 0.0696. The zero-order chi connectivity index (χ0) is 13.8. The van der Waals surface area contributed by atoms with Gasteiger partial charge in [-0.25, -0.2) is 9.18 Å². The number of hydrogen-bond acceptors (Lipinski definition) is 2. The van der Waals surface area contributed by atoms with Crippen LogP contribution in [-0.4, -0.2) is 11.1 Å². The Morgan fingerprint density at radius 3 is 2.63 bits per heavy atom. The molecule has 0 saturated heterocycles. The summed E-state index contributed by atoms with van der Waals surface area (Å²) in [6.07, 6.45) is 0. The molecule has 0 aliphatic rings. The molecule has 19 heavy (non-hydrogen) atoms. The Morgan fingerprint density at radius 2 is 1.95 bits per heavy atom. The number of aryl methyl sites for hydroxylation is 1. The number of benzene rings is 2. The van der Waals surface area contributed by atoms with Gasteiger partial charge < -0.3 is 10.4 Å². The molecule has 0 radical (unpaired) electrons. The summed E-state index contributed by atoms with van der Waals surface area (Å²) in [4.78, 5) is 11.1. The van der Waals surface area contributed by atoms with Crippen molar-refractivity contribution in [3.8, 4) is 0 Å². The number of carboxylic acid groups (broad SMARTS) is 1. The van der Waals surface area contributed by atoms with Crippen molar-refractivity contribution in [2.75, 3.05) is 5.32 Å². The summed E-state index contributed by atoms with van der Waals surface area (Å²) in [7, 11) is 0. The largest absolute Gasteiger partial charge is 0.478 e. The smallest absolute Gasteiger partial charge is 0.336 e. The zero-order valence-electron chi connectivity index (χ0n) is 10.5. The molecule has 0 aliphatic carbocycles. The molecule has 0 fully saturated rings. The number of hydrogen-bond donors (Lipinski definition) is 2. The highest BCUT2D eigenvalue weighted by Gasteiger charge is 2.10. The van der Waals surface area contributed by atoms with Gasteiger partial charge in [-0.05, 0) is 30.2 Å². The van der Waals surface area contributed by atoms with E-state index in [1.54, 1.807) is 37.3 Å². The average Bonchev–Trinajstić information content (AvgIpc) is 2.38. The number of carboxylic acids is 1. The number of anilines is 1. The summed E-state index contributed by atoms with van der Waals surface area (Å²) in [5.41, 5.74) is 2.04. The molecule has 0 spiro atoms. The van der Waals surface area contributed by atoms with Crippen LogP contribution in [0.1, 0.15) is 21.5 Å². The van der Waals surface area contributed by atoms with Crippen molar-refractivity contribution in [1.82, 2.24) is 0 Å². The SMILES string of the molecule is Cc1cccc(F)c1NCc1ccccc1C(=O)O. The Hall–Kier alpha value is -2.36. The molecular formula is C15H14FNO2. The first-order valence-electron chi connectivity index (χ1n) is 5.90. The molecule has 2 aromatic carbocycles. The van der Waals surface area contributed by atoms with E-state index in [1.807, 2.05) is 0 Å². The Bertz CT molecular complexity index is 591. The van der Waals surface area contributed by atoms with Gasteiger partial charge >= 0.3 is 5.97 Å². The van der Waals surface area contributed by atoms with E-state index in [4.69, 9.17) is 5.11 Å². The van der Waals surface area contributed by atoms with E-state index in [2.05, 4.69) is 5.32 Å². The van der Waals surface area contributed by atoms with Crippen molar-refractivity contribution in [1.29, 1.82) is 0 Å². The maximum atomic E-state index is 13.6. The fourth-order valence-electron chi connectivity index (χ4n) is 1.92. The Kier molecular flexibility index (Phi) is 3.80. The van der Waals surface area contributed by atoms with Gasteiger partial charge in [0.15, 0.2) is 0 Å². The molecule has 2 aromatic rings. The van der Waals surface area contributed by atoms with E-state index in [0.29, 0.717) is 11.3 Å². The quantitative estimate of drug-likeness (QED) is 0.884. The van der Waals surface area contributed by atoms with Gasteiger partial charge in [-0.1, -0.05) is 30.3 Å². The molecule has 0 amide bonds. The predicted molar refractivity (Wildman–Crippen MR) is 71.9 cm³/mol. The summed E-state index contributed by atoms with van der Waals surface area (Å²) in [6, 6.07) is 11.5. The molecule has 3 nitrogen and oxygen atoms in total. The maximum absolute atomic E-state index is 13.6. The normalized spacial score (nSPS) is 10.2. The molecule has 98 valence electrons. The van der Waals surface area contributed by atoms with Gasteiger partial charge in [0.25, 0.3) is 0 Å². The fourth-order valence-corrected chi connectivity index (χ4v) is 1.92. The molecule has 0 bridgehead atoms. The first-order valence-corrected chi connectivity index (χ1v) is 5.90. The van der Waals surface area contributed by atoms with Crippen molar-refractivity contribution in [2.45, 2.75) is 13.5 Å². The predicted octanol–water partition coefficient (Wildman–Crippen LogP) is 3.44. The average molecular weight is 259 g/mol. The van der Waals surface area contributed by atoms with Crippen LogP contribution >= 0.6 is 0 Å². The van der Waals surface area contributed by atoms with E-state index in [0.717, 1.165) is 5.56 Å². The molecule has 4 heteroatoms. The Labute approximate surface area is 110 Å². The topological polar surface area (TPSA) is 49.3 Å². The van der Waals surface area contributed by atoms with Crippen molar-refractivity contribution < 1.29 is 14.3 Å². The van der Waals surface area contributed by atoms with Gasteiger partial charge in [0.05, 0.1) is 11.3 Å². The van der Waals surface area contributed by atoms with Crippen LogP contribution < -0.4 is 5.32 Å². The van der Waals surface area contributed by atoms with Crippen LogP contribution in [0.5, 0.6) is 0 Å². The maximum Gasteiger partial charge on any atom is 0.336 e. The van der Waals surface area contributed by atoms with Gasteiger partial charge in [-0.15, -0.1) is 0 Å². The lowest BCUT2D eigenvalue weighted by Crippen LogP contribution is -2.08. The van der Waals surface area contributed by atoms with E-state index in [-0.39, 0.29) is 17.9 Å². The molecule has 2 N–H and O–H groups in total. The van der Waals surface area contributed by atoms with E-state index >= 15 is 0 Å². The minimum absolute atomic E-state index is 0.226. The van der Waals surface area contributed by atoms with Crippen LogP contribution in [0.3, 0.4) is 0 Å². The number of para-hydroxylation sites is 1. The standard InChI is InChI=1S/C15H14FNO2/c1-10-5-4-8-13(16)14(10)17-9-11-6-2-3-7-12(11)15(18)19/h2-8,17H,9H2,1H3,(H,18,19). The van der Waals surface area contributed by atoms with Crippen molar-refractivity contribution in [3.63, 3.8) is 0 Å². The molecule has 0 unspecified atom stereocenters. The minimum atomic E-state index is -0.984. The number of halogens is 1. The summed E-state index contributed by atoms with van der Waals surface area (Å²) in [5, 5.41) is 12.0. The molecule has 0 saturated carbocycles. The molecule has 0 aliphatic heterocycles. The van der Waals surface area contributed by atoms with Crippen LogP contribution in [-0.2, 0) is 6.54 Å². The zero-order valence-corrected chi connectivity index (χ0v) is 10.5. The highest BCUT2D eigenvalue weighted by Crippen LogP contribution is 2.20. The van der Waals surface area contributed by atoms with Crippen LogP contribution in [0, 0.1) is 12.7 Å². The van der Waals surface area contributed by atoms with Crippen molar-refractivity contribution in [2.24, 2.45) is 0 Å². The first-order chi connectivity index (χ1) is 9.09. The van der Waals surface area contributed by atoms with Gasteiger partial charge in [-0.3, -0.25) is 0 Å². The van der Waals surface area contributed by atoms with Gasteiger partial charge in [0.1, 0.15) is 5.82 Å². The Balaban J connectivity index is 2.22. The summed E-state index contributed by atoms with van der Waals surface area (Å²) < 4.78 is 13.6. The highest BCUT2D eigenvalue weighted by molar-refractivity contribution is 5.89. The molecule has 0 heterocycles. The number of aromatic carboxylic acids is 1. The van der Waals surface area contributed by atoms with Crippen molar-refractivity contribution >= 4 is 11.7 Å².